The van der Waals surface area contributed by atoms with E-state index in [1.54, 1.807) is 0 Å². The first-order chi connectivity index (χ1) is 11.2. The van der Waals surface area contributed by atoms with Gasteiger partial charge in [0.15, 0.2) is 0 Å². The summed E-state index contributed by atoms with van der Waals surface area (Å²) < 4.78 is 0. The van der Waals surface area contributed by atoms with E-state index in [2.05, 4.69) is 23.2 Å². The number of benzene rings is 1. The Kier molecular flexibility index (Phi) is 5.60. The number of anilines is 2. The molecule has 0 amide bonds. The van der Waals surface area contributed by atoms with Gasteiger partial charge in [0.1, 0.15) is 0 Å². The van der Waals surface area contributed by atoms with Gasteiger partial charge in [0.05, 0.1) is 11.4 Å². The van der Waals surface area contributed by atoms with Crippen LogP contribution in [0.25, 0.3) is 0 Å². The van der Waals surface area contributed by atoms with Crippen LogP contribution in [-0.4, -0.2) is 24.0 Å². The van der Waals surface area contributed by atoms with Gasteiger partial charge in [0, 0.05) is 31.2 Å². The zero-order valence-corrected chi connectivity index (χ0v) is 14.5. The normalized spacial score (nSPS) is 21.8. The number of rotatable bonds is 3. The number of nitrogens with two attached hydrogens (primary N) is 1. The average molecular weight is 313 g/mol. The van der Waals surface area contributed by atoms with Crippen molar-refractivity contribution in [3.8, 4) is 0 Å². The monoisotopic (exact) mass is 313 g/mol. The minimum absolute atomic E-state index is 0.800. The Morgan fingerprint density at radius 2 is 1.74 bits per heavy atom. The summed E-state index contributed by atoms with van der Waals surface area (Å²) in [5.74, 6) is 0. The van der Waals surface area contributed by atoms with Gasteiger partial charge in [-0.25, -0.2) is 0 Å². The van der Waals surface area contributed by atoms with E-state index in [4.69, 9.17) is 5.73 Å². The smallest absolute Gasteiger partial charge is 0.0615 e. The van der Waals surface area contributed by atoms with Gasteiger partial charge in [0.2, 0.25) is 0 Å². The number of hydrogen-bond acceptors (Lipinski definition) is 3. The molecule has 3 N–H and O–H groups in total. The summed E-state index contributed by atoms with van der Waals surface area (Å²) in [6.07, 6.45) is 11.0. The van der Waals surface area contributed by atoms with Crippen molar-refractivity contribution in [1.82, 2.24) is 4.90 Å². The van der Waals surface area contributed by atoms with E-state index < -0.39 is 0 Å². The second kappa shape index (κ2) is 7.87. The standard InChI is InChI=1S/C20H31N3/c1-16-15-23(17-9-5-3-2-4-6-10-17)14-13-19(16)22-20-12-8-7-11-18(20)21/h7-8,11-12,17,22H,2-6,9-10,13-15,21H2,1H3. The molecule has 1 saturated carbocycles. The molecule has 3 rings (SSSR count). The summed E-state index contributed by atoms with van der Waals surface area (Å²) >= 11 is 0. The first-order valence-corrected chi connectivity index (χ1v) is 9.28. The van der Waals surface area contributed by atoms with E-state index in [1.807, 2.05) is 18.2 Å². The van der Waals surface area contributed by atoms with Crippen LogP contribution >= 0.6 is 0 Å². The Morgan fingerprint density at radius 3 is 2.43 bits per heavy atom. The van der Waals surface area contributed by atoms with Crippen LogP contribution in [0.1, 0.15) is 58.3 Å². The van der Waals surface area contributed by atoms with E-state index in [0.29, 0.717) is 0 Å². The molecule has 0 radical (unpaired) electrons. The third-order valence-electron chi connectivity index (χ3n) is 5.44. The molecule has 1 aliphatic carbocycles. The zero-order chi connectivity index (χ0) is 16.1. The van der Waals surface area contributed by atoms with Gasteiger partial charge in [-0.05, 0) is 37.5 Å². The lowest BCUT2D eigenvalue weighted by Gasteiger charge is -2.37. The number of hydrogen-bond donors (Lipinski definition) is 2. The fraction of sp³-hybridized carbons (Fsp3) is 0.600. The summed E-state index contributed by atoms with van der Waals surface area (Å²) in [6, 6.07) is 8.85. The largest absolute Gasteiger partial charge is 0.397 e. The third kappa shape index (κ3) is 4.29. The Bertz CT molecular complexity index is 542. The molecule has 2 aliphatic rings. The number of nitrogen functional groups attached to an aromatic ring is 1. The van der Waals surface area contributed by atoms with Gasteiger partial charge in [-0.1, -0.05) is 44.2 Å². The lowest BCUT2D eigenvalue weighted by atomic mass is 9.94. The van der Waals surface area contributed by atoms with Crippen molar-refractivity contribution in [3.05, 3.63) is 35.5 Å². The number of nitrogens with zero attached hydrogens (tertiary/aromatic N) is 1. The lowest BCUT2D eigenvalue weighted by Crippen LogP contribution is -2.41. The fourth-order valence-electron chi connectivity index (χ4n) is 4.00. The maximum absolute atomic E-state index is 6.06. The Hall–Kier alpha value is -1.48. The minimum Gasteiger partial charge on any atom is -0.397 e. The molecule has 1 heterocycles. The molecule has 0 aromatic heterocycles. The first kappa shape index (κ1) is 16.4. The molecule has 23 heavy (non-hydrogen) atoms. The van der Waals surface area contributed by atoms with Crippen LogP contribution in [0.4, 0.5) is 11.4 Å². The molecule has 0 bridgehead atoms. The topological polar surface area (TPSA) is 41.3 Å². The van der Waals surface area contributed by atoms with E-state index in [9.17, 15) is 0 Å². The van der Waals surface area contributed by atoms with Gasteiger partial charge in [-0.2, -0.15) is 0 Å². The quantitative estimate of drug-likeness (QED) is 0.790. The molecule has 0 atom stereocenters. The van der Waals surface area contributed by atoms with Crippen molar-refractivity contribution in [3.63, 3.8) is 0 Å². The highest BCUT2D eigenvalue weighted by Crippen LogP contribution is 2.28. The molecule has 1 aromatic rings. The number of para-hydroxylation sites is 2. The van der Waals surface area contributed by atoms with Crippen molar-refractivity contribution in [2.45, 2.75) is 64.3 Å². The lowest BCUT2D eigenvalue weighted by molar-refractivity contribution is 0.173. The number of nitrogens with one attached hydrogen (secondary N) is 1. The van der Waals surface area contributed by atoms with Crippen LogP contribution in [0, 0.1) is 0 Å². The molecule has 3 nitrogen and oxygen atoms in total. The van der Waals surface area contributed by atoms with Crippen molar-refractivity contribution >= 4 is 11.4 Å². The van der Waals surface area contributed by atoms with Crippen molar-refractivity contribution in [2.24, 2.45) is 0 Å². The molecule has 1 aliphatic heterocycles. The highest BCUT2D eigenvalue weighted by Gasteiger charge is 2.24. The van der Waals surface area contributed by atoms with E-state index in [-0.39, 0.29) is 0 Å². The second-order valence-electron chi connectivity index (χ2n) is 7.19. The van der Waals surface area contributed by atoms with Gasteiger partial charge >= 0.3 is 0 Å². The first-order valence-electron chi connectivity index (χ1n) is 9.28. The van der Waals surface area contributed by atoms with Crippen LogP contribution in [0.15, 0.2) is 35.5 Å². The summed E-state index contributed by atoms with van der Waals surface area (Å²) in [4.78, 5) is 2.72. The van der Waals surface area contributed by atoms with Crippen LogP contribution < -0.4 is 11.1 Å². The van der Waals surface area contributed by atoms with Crippen molar-refractivity contribution in [2.75, 3.05) is 24.1 Å². The van der Waals surface area contributed by atoms with Crippen LogP contribution in [0.2, 0.25) is 0 Å². The summed E-state index contributed by atoms with van der Waals surface area (Å²) in [5, 5.41) is 3.57. The SMILES string of the molecule is CC1=C(Nc2ccccc2N)CCN(C2CCCCCCC2)C1. The summed E-state index contributed by atoms with van der Waals surface area (Å²) in [5.41, 5.74) is 10.8. The van der Waals surface area contributed by atoms with Gasteiger partial charge in [-0.3, -0.25) is 4.90 Å². The Balaban J connectivity index is 1.63. The highest BCUT2D eigenvalue weighted by molar-refractivity contribution is 5.68. The zero-order valence-electron chi connectivity index (χ0n) is 14.5. The average Bonchev–Trinajstić information content (AvgIpc) is 2.51. The van der Waals surface area contributed by atoms with Crippen LogP contribution in [0.3, 0.4) is 0 Å². The molecular weight excluding hydrogens is 282 g/mol. The molecule has 0 saturated heterocycles. The third-order valence-corrected chi connectivity index (χ3v) is 5.44. The van der Waals surface area contributed by atoms with Crippen molar-refractivity contribution in [1.29, 1.82) is 0 Å². The van der Waals surface area contributed by atoms with Crippen LogP contribution in [-0.2, 0) is 0 Å². The molecule has 1 aromatic carbocycles. The van der Waals surface area contributed by atoms with Crippen molar-refractivity contribution < 1.29 is 0 Å². The van der Waals surface area contributed by atoms with E-state index in [1.165, 1.54) is 62.8 Å². The van der Waals surface area contributed by atoms with Crippen LogP contribution in [0.5, 0.6) is 0 Å². The molecule has 126 valence electrons. The second-order valence-corrected chi connectivity index (χ2v) is 7.19. The Labute approximate surface area is 140 Å². The van der Waals surface area contributed by atoms with E-state index in [0.717, 1.165) is 30.4 Å². The van der Waals surface area contributed by atoms with Gasteiger partial charge in [0.25, 0.3) is 0 Å². The highest BCUT2D eigenvalue weighted by atomic mass is 15.2. The summed E-state index contributed by atoms with van der Waals surface area (Å²) in [7, 11) is 0. The predicted molar refractivity (Wildman–Crippen MR) is 99.5 cm³/mol. The van der Waals surface area contributed by atoms with Gasteiger partial charge in [-0.15, -0.1) is 0 Å². The summed E-state index contributed by atoms with van der Waals surface area (Å²) in [6.45, 7) is 4.56. The minimum atomic E-state index is 0.800. The van der Waals surface area contributed by atoms with E-state index >= 15 is 0 Å². The Morgan fingerprint density at radius 1 is 1.04 bits per heavy atom. The molecule has 0 spiro atoms. The molecule has 1 fully saturated rings. The fourth-order valence-corrected chi connectivity index (χ4v) is 4.00. The molecular formula is C20H31N3. The maximum Gasteiger partial charge on any atom is 0.0615 e. The van der Waals surface area contributed by atoms with Gasteiger partial charge < -0.3 is 11.1 Å². The molecule has 3 heteroatoms. The predicted octanol–water partition coefficient (Wildman–Crippen LogP) is 4.77. The maximum atomic E-state index is 6.06. The molecule has 0 unspecified atom stereocenters.